The zero-order valence-corrected chi connectivity index (χ0v) is 20.2. The van der Waals surface area contributed by atoms with Crippen LogP contribution in [0.5, 0.6) is 17.2 Å². The van der Waals surface area contributed by atoms with Gasteiger partial charge in [-0.3, -0.25) is 9.69 Å². The van der Waals surface area contributed by atoms with Gasteiger partial charge in [0.05, 0.1) is 26.0 Å². The zero-order valence-electron chi connectivity index (χ0n) is 19.3. The highest BCUT2D eigenvalue weighted by atomic mass is 32.1. The Hall–Kier alpha value is -3.10. The van der Waals surface area contributed by atoms with E-state index in [0.29, 0.717) is 35.5 Å². The Morgan fingerprint density at radius 1 is 1.00 bits per heavy atom. The summed E-state index contributed by atoms with van der Waals surface area (Å²) in [4.78, 5) is 21.7. The normalized spacial score (nSPS) is 11.3. The smallest absolute Gasteiger partial charge is 0.252 e. The molecule has 0 fully saturated rings. The maximum Gasteiger partial charge on any atom is 0.252 e. The number of methoxy groups -OCH3 is 3. The van der Waals surface area contributed by atoms with Crippen LogP contribution >= 0.6 is 11.3 Å². The lowest BCUT2D eigenvalue weighted by atomic mass is 10.2. The maximum absolute atomic E-state index is 13.2. The minimum absolute atomic E-state index is 0.141. The summed E-state index contributed by atoms with van der Waals surface area (Å²) < 4.78 is 17.1. The van der Waals surface area contributed by atoms with E-state index in [0.717, 1.165) is 21.3 Å². The average Bonchev–Trinajstić information content (AvgIpc) is 3.23. The number of thiazole rings is 1. The first-order valence-electron chi connectivity index (χ1n) is 10.2. The molecular formula is C24H29N3O4S. The number of ether oxygens (including phenoxy) is 3. The molecule has 0 aliphatic carbocycles. The highest BCUT2D eigenvalue weighted by Gasteiger charge is 2.20. The molecule has 8 heteroatoms. The van der Waals surface area contributed by atoms with Crippen molar-refractivity contribution in [1.82, 2.24) is 9.88 Å². The van der Waals surface area contributed by atoms with E-state index in [1.165, 1.54) is 11.3 Å². The molecule has 1 aromatic heterocycles. The van der Waals surface area contributed by atoms with Gasteiger partial charge in [-0.2, -0.15) is 0 Å². The van der Waals surface area contributed by atoms with Crippen molar-refractivity contribution in [3.05, 3.63) is 47.5 Å². The van der Waals surface area contributed by atoms with E-state index >= 15 is 0 Å². The number of aryl methyl sites for hydroxylation is 1. The maximum atomic E-state index is 13.2. The number of carbonyl (C=O) groups is 1. The Balaban J connectivity index is 1.93. The third kappa shape index (κ3) is 5.20. The molecule has 0 N–H and O–H groups in total. The molecule has 0 saturated carbocycles. The van der Waals surface area contributed by atoms with Gasteiger partial charge in [-0.1, -0.05) is 23.5 Å². The molecular weight excluding hydrogens is 426 g/mol. The van der Waals surface area contributed by atoms with Crippen molar-refractivity contribution < 1.29 is 19.0 Å². The standard InChI is InChI=1S/C24H29N3O4S/c1-16-7-10-19(30-5)22-23(16)32-24(25-22)27(14-13-26(2)3)21(28)12-9-17-8-11-18(29-4)20(15-17)31-6/h7-12,15H,13-14H2,1-6H3. The minimum Gasteiger partial charge on any atom is -0.494 e. The number of hydrogen-bond donors (Lipinski definition) is 0. The molecule has 0 aliphatic rings. The van der Waals surface area contributed by atoms with Crippen LogP contribution in [0, 0.1) is 6.92 Å². The number of likely N-dealkylation sites (N-methyl/N-ethyl adjacent to an activating group) is 1. The molecule has 0 atom stereocenters. The fourth-order valence-electron chi connectivity index (χ4n) is 3.19. The second-order valence-corrected chi connectivity index (χ2v) is 8.48. The van der Waals surface area contributed by atoms with E-state index in [9.17, 15) is 4.79 Å². The Morgan fingerprint density at radius 3 is 2.34 bits per heavy atom. The van der Waals surface area contributed by atoms with Crippen LogP contribution in [-0.4, -0.2) is 64.3 Å². The Labute approximate surface area is 192 Å². The largest absolute Gasteiger partial charge is 0.494 e. The average molecular weight is 456 g/mol. The van der Waals surface area contributed by atoms with E-state index in [1.807, 2.05) is 56.3 Å². The van der Waals surface area contributed by atoms with Gasteiger partial charge in [-0.05, 0) is 56.4 Å². The molecule has 0 spiro atoms. The Kier molecular flexibility index (Phi) is 7.71. The molecule has 0 radical (unpaired) electrons. The van der Waals surface area contributed by atoms with Crippen molar-refractivity contribution in [1.29, 1.82) is 0 Å². The zero-order chi connectivity index (χ0) is 23.3. The quantitative estimate of drug-likeness (QED) is 0.450. The van der Waals surface area contributed by atoms with Crippen molar-refractivity contribution in [2.45, 2.75) is 6.92 Å². The van der Waals surface area contributed by atoms with E-state index < -0.39 is 0 Å². The predicted molar refractivity (Wildman–Crippen MR) is 130 cm³/mol. The number of fused-ring (bicyclic) bond motifs is 1. The number of hydrogen-bond acceptors (Lipinski definition) is 7. The SMILES string of the molecule is COc1ccc(C=CC(=O)N(CCN(C)C)c2nc3c(OC)ccc(C)c3s2)cc1OC. The third-order valence-electron chi connectivity index (χ3n) is 5.01. The topological polar surface area (TPSA) is 64.1 Å². The van der Waals surface area contributed by atoms with Crippen molar-refractivity contribution in [2.75, 3.05) is 53.4 Å². The molecule has 7 nitrogen and oxygen atoms in total. The van der Waals surface area contributed by atoms with Crippen LogP contribution in [0.25, 0.3) is 16.3 Å². The van der Waals surface area contributed by atoms with Gasteiger partial charge >= 0.3 is 0 Å². The Bertz CT molecular complexity index is 1120. The van der Waals surface area contributed by atoms with Crippen LogP contribution in [0.15, 0.2) is 36.4 Å². The lowest BCUT2D eigenvalue weighted by Crippen LogP contribution is -2.35. The molecule has 0 unspecified atom stereocenters. The molecule has 32 heavy (non-hydrogen) atoms. The van der Waals surface area contributed by atoms with E-state index in [4.69, 9.17) is 19.2 Å². The van der Waals surface area contributed by atoms with Crippen molar-refractivity contribution in [2.24, 2.45) is 0 Å². The highest BCUT2D eigenvalue weighted by Crippen LogP contribution is 2.36. The van der Waals surface area contributed by atoms with Gasteiger partial charge in [0.2, 0.25) is 0 Å². The van der Waals surface area contributed by atoms with Gasteiger partial charge in [0, 0.05) is 19.2 Å². The lowest BCUT2D eigenvalue weighted by molar-refractivity contribution is -0.114. The minimum atomic E-state index is -0.141. The molecule has 1 heterocycles. The van der Waals surface area contributed by atoms with Crippen LogP contribution in [-0.2, 0) is 4.79 Å². The molecule has 3 rings (SSSR count). The molecule has 0 aliphatic heterocycles. The van der Waals surface area contributed by atoms with E-state index in [1.54, 1.807) is 38.4 Å². The first-order valence-corrected chi connectivity index (χ1v) is 11.0. The molecule has 2 aromatic carbocycles. The monoisotopic (exact) mass is 455 g/mol. The van der Waals surface area contributed by atoms with Crippen molar-refractivity contribution in [3.63, 3.8) is 0 Å². The number of aromatic nitrogens is 1. The Morgan fingerprint density at radius 2 is 1.69 bits per heavy atom. The summed E-state index contributed by atoms with van der Waals surface area (Å²) in [5, 5.41) is 0.649. The number of anilines is 1. The summed E-state index contributed by atoms with van der Waals surface area (Å²) in [5.41, 5.74) is 2.72. The number of carbonyl (C=O) groups excluding carboxylic acids is 1. The highest BCUT2D eigenvalue weighted by molar-refractivity contribution is 7.22. The summed E-state index contributed by atoms with van der Waals surface area (Å²) in [6.45, 7) is 3.26. The first-order chi connectivity index (χ1) is 15.4. The molecule has 0 saturated heterocycles. The van der Waals surface area contributed by atoms with Gasteiger partial charge in [0.1, 0.15) is 11.3 Å². The van der Waals surface area contributed by atoms with Crippen LogP contribution in [0.4, 0.5) is 5.13 Å². The molecule has 170 valence electrons. The molecule has 3 aromatic rings. The van der Waals surface area contributed by atoms with E-state index in [2.05, 4.69) is 0 Å². The second kappa shape index (κ2) is 10.5. The third-order valence-corrected chi connectivity index (χ3v) is 6.22. The van der Waals surface area contributed by atoms with Gasteiger partial charge in [-0.25, -0.2) is 4.98 Å². The van der Waals surface area contributed by atoms with Crippen LogP contribution in [0.1, 0.15) is 11.1 Å². The van der Waals surface area contributed by atoms with Gasteiger partial charge < -0.3 is 19.1 Å². The number of rotatable bonds is 9. The van der Waals surface area contributed by atoms with Crippen LogP contribution in [0.3, 0.4) is 0 Å². The fraction of sp³-hybridized carbons (Fsp3) is 0.333. The molecule has 0 bridgehead atoms. The summed E-state index contributed by atoms with van der Waals surface area (Å²) in [7, 11) is 8.77. The summed E-state index contributed by atoms with van der Waals surface area (Å²) in [6.07, 6.45) is 3.33. The van der Waals surface area contributed by atoms with Gasteiger partial charge in [-0.15, -0.1) is 0 Å². The summed E-state index contributed by atoms with van der Waals surface area (Å²) in [6, 6.07) is 9.44. The van der Waals surface area contributed by atoms with Crippen LogP contribution in [0.2, 0.25) is 0 Å². The van der Waals surface area contributed by atoms with Gasteiger partial charge in [0.15, 0.2) is 16.6 Å². The predicted octanol–water partition coefficient (Wildman–Crippen LogP) is 4.24. The number of benzene rings is 2. The second-order valence-electron chi connectivity index (χ2n) is 7.50. The number of nitrogens with zero attached hydrogens (tertiary/aromatic N) is 3. The number of amides is 1. The van der Waals surface area contributed by atoms with Gasteiger partial charge in [0.25, 0.3) is 5.91 Å². The fourth-order valence-corrected chi connectivity index (χ4v) is 4.28. The summed E-state index contributed by atoms with van der Waals surface area (Å²) >= 11 is 1.50. The van der Waals surface area contributed by atoms with Crippen molar-refractivity contribution >= 4 is 38.7 Å². The van der Waals surface area contributed by atoms with Crippen LogP contribution < -0.4 is 19.1 Å². The molecule has 1 amide bonds. The first kappa shape index (κ1) is 23.6. The summed E-state index contributed by atoms with van der Waals surface area (Å²) in [5.74, 6) is 1.81. The van der Waals surface area contributed by atoms with Crippen molar-refractivity contribution in [3.8, 4) is 17.2 Å². The van der Waals surface area contributed by atoms with E-state index in [-0.39, 0.29) is 5.91 Å². The lowest BCUT2D eigenvalue weighted by Gasteiger charge is -2.20.